The number of hydrogen-bond acceptors (Lipinski definition) is 0. The van der Waals surface area contributed by atoms with E-state index in [1.54, 1.807) is 0 Å². The van der Waals surface area contributed by atoms with Gasteiger partial charge in [0, 0.05) is 8.95 Å². The lowest BCUT2D eigenvalue weighted by Crippen LogP contribution is -2.04. The topological polar surface area (TPSA) is 19.9 Å². The fourth-order valence-corrected chi connectivity index (χ4v) is 2.36. The van der Waals surface area contributed by atoms with Gasteiger partial charge in [-0.15, -0.1) is 0 Å². The summed E-state index contributed by atoms with van der Waals surface area (Å²) < 4.78 is 1.87. The predicted molar refractivity (Wildman–Crippen MR) is 60.1 cm³/mol. The van der Waals surface area contributed by atoms with Crippen LogP contribution in [0.15, 0.2) is 27.1 Å². The van der Waals surface area contributed by atoms with Crippen molar-refractivity contribution in [1.29, 1.82) is 0 Å². The predicted octanol–water partition coefficient (Wildman–Crippen LogP) is 4.34. The third kappa shape index (κ3) is 2.79. The maximum atomic E-state index is 11.7. The van der Waals surface area contributed by atoms with Crippen LogP contribution in [0.1, 0.15) is 25.5 Å². The summed E-state index contributed by atoms with van der Waals surface area (Å²) in [5, 5.41) is 11.7. The summed E-state index contributed by atoms with van der Waals surface area (Å²) in [6.07, 6.45) is -0.650. The van der Waals surface area contributed by atoms with Crippen molar-refractivity contribution in [3.63, 3.8) is 0 Å². The van der Waals surface area contributed by atoms with Crippen molar-refractivity contribution in [3.05, 3.63) is 32.7 Å². The van der Waals surface area contributed by atoms with Crippen LogP contribution in [0.3, 0.4) is 0 Å². The Morgan fingerprint density at radius 1 is 1.23 bits per heavy atom. The van der Waals surface area contributed by atoms with Gasteiger partial charge in [-0.3, -0.25) is 0 Å². The molecular weight excluding hydrogens is 296 g/mol. The summed E-state index contributed by atoms with van der Waals surface area (Å²) in [7, 11) is 0. The Morgan fingerprint density at radius 2 is 1.85 bits per heavy atom. The molecule has 13 heavy (non-hydrogen) atoms. The average molecular weight is 307 g/mol. The first-order valence-corrected chi connectivity index (χ1v) is 5.71. The summed E-state index contributed by atoms with van der Waals surface area (Å²) in [5.74, 6) is 0.123. The second-order valence-electron chi connectivity index (χ2n) is 3.33. The number of benzene rings is 1. The highest BCUT2D eigenvalue weighted by atomic mass is 79.9. The minimum atomic E-state index is -0.650. The zero-order valence-corrected chi connectivity index (χ0v) is 10.7. The van der Waals surface area contributed by atoms with Gasteiger partial charge in [0.25, 0.3) is 0 Å². The van der Waals surface area contributed by atoms with Crippen molar-refractivity contribution in [2.24, 2.45) is 5.92 Å². The molecule has 0 N–H and O–H groups in total. The Bertz CT molecular complexity index is 297. The van der Waals surface area contributed by atoms with Crippen LogP contribution in [0.25, 0.3) is 0 Å². The molecule has 0 amide bonds. The Hall–Kier alpha value is 0.140. The van der Waals surface area contributed by atoms with Crippen LogP contribution >= 0.6 is 31.9 Å². The first-order valence-electron chi connectivity index (χ1n) is 4.13. The number of rotatable bonds is 2. The van der Waals surface area contributed by atoms with E-state index in [1.165, 1.54) is 0 Å². The summed E-state index contributed by atoms with van der Waals surface area (Å²) >= 11 is 6.74. The van der Waals surface area contributed by atoms with Gasteiger partial charge in [-0.05, 0) is 23.6 Å². The molecule has 0 bridgehead atoms. The highest BCUT2D eigenvalue weighted by Crippen LogP contribution is 2.30. The van der Waals surface area contributed by atoms with Gasteiger partial charge in [-0.2, -0.15) is 0 Å². The normalized spacial score (nSPS) is 13.4. The van der Waals surface area contributed by atoms with Gasteiger partial charge in [0.15, 0.2) is 0 Å². The van der Waals surface area contributed by atoms with Crippen molar-refractivity contribution >= 4 is 31.9 Å². The van der Waals surface area contributed by atoms with Gasteiger partial charge in [-0.1, -0.05) is 51.8 Å². The molecule has 1 radical (unpaired) electrons. The van der Waals surface area contributed by atoms with Crippen molar-refractivity contribution in [2.45, 2.75) is 20.0 Å². The van der Waals surface area contributed by atoms with Crippen LogP contribution in [-0.2, 0) is 5.11 Å². The van der Waals surface area contributed by atoms with Crippen LogP contribution in [0.2, 0.25) is 0 Å². The highest BCUT2D eigenvalue weighted by molar-refractivity contribution is 9.11. The van der Waals surface area contributed by atoms with E-state index in [0.717, 1.165) is 14.5 Å². The molecule has 0 aromatic heterocycles. The molecule has 1 rings (SSSR count). The molecule has 0 heterocycles. The Labute approximate surface area is 95.4 Å². The average Bonchev–Trinajstić information content (AvgIpc) is 2.03. The van der Waals surface area contributed by atoms with Crippen LogP contribution in [0, 0.1) is 5.92 Å². The SMILES string of the molecule is CC(C)C([O])c1ccc(Br)cc1Br. The van der Waals surface area contributed by atoms with Gasteiger partial charge < -0.3 is 0 Å². The molecule has 3 heteroatoms. The van der Waals surface area contributed by atoms with Crippen LogP contribution in [0.4, 0.5) is 0 Å². The minimum absolute atomic E-state index is 0.123. The zero-order chi connectivity index (χ0) is 10.0. The lowest BCUT2D eigenvalue weighted by molar-refractivity contribution is 0.0482. The summed E-state index contributed by atoms with van der Waals surface area (Å²) in [5.41, 5.74) is 0.832. The van der Waals surface area contributed by atoms with Crippen LogP contribution in [0.5, 0.6) is 0 Å². The van der Waals surface area contributed by atoms with E-state index in [2.05, 4.69) is 31.9 Å². The molecule has 0 spiro atoms. The van der Waals surface area contributed by atoms with Crippen molar-refractivity contribution < 1.29 is 5.11 Å². The van der Waals surface area contributed by atoms with E-state index >= 15 is 0 Å². The van der Waals surface area contributed by atoms with Gasteiger partial charge in [0.2, 0.25) is 0 Å². The Balaban J connectivity index is 3.01. The summed E-state index contributed by atoms with van der Waals surface area (Å²) in [6.45, 7) is 3.87. The highest BCUT2D eigenvalue weighted by Gasteiger charge is 2.16. The molecule has 1 aromatic carbocycles. The van der Waals surface area contributed by atoms with Gasteiger partial charge in [-0.25, -0.2) is 5.11 Å². The fraction of sp³-hybridized carbons (Fsp3) is 0.400. The van der Waals surface area contributed by atoms with E-state index in [1.807, 2.05) is 32.0 Å². The standard InChI is InChI=1S/C10H11Br2O/c1-6(2)10(13)8-4-3-7(11)5-9(8)12/h3-6,10H,1-2H3. The smallest absolute Gasteiger partial charge is 0.121 e. The lowest BCUT2D eigenvalue weighted by atomic mass is 9.99. The summed E-state index contributed by atoms with van der Waals surface area (Å²) in [4.78, 5) is 0. The largest absolute Gasteiger partial charge is 0.228 e. The van der Waals surface area contributed by atoms with Crippen molar-refractivity contribution in [3.8, 4) is 0 Å². The monoisotopic (exact) mass is 305 g/mol. The molecule has 71 valence electrons. The molecule has 1 aromatic rings. The molecule has 1 atom stereocenters. The first kappa shape index (κ1) is 11.2. The quantitative estimate of drug-likeness (QED) is 0.774. The van der Waals surface area contributed by atoms with E-state index in [4.69, 9.17) is 0 Å². The van der Waals surface area contributed by atoms with Crippen LogP contribution < -0.4 is 0 Å². The summed E-state index contributed by atoms with van der Waals surface area (Å²) in [6, 6.07) is 5.67. The van der Waals surface area contributed by atoms with Crippen molar-refractivity contribution in [1.82, 2.24) is 0 Å². The lowest BCUT2D eigenvalue weighted by Gasteiger charge is -2.14. The van der Waals surface area contributed by atoms with E-state index in [-0.39, 0.29) is 5.92 Å². The second-order valence-corrected chi connectivity index (χ2v) is 5.10. The maximum Gasteiger partial charge on any atom is 0.121 e. The van der Waals surface area contributed by atoms with Gasteiger partial charge in [0.1, 0.15) is 6.10 Å². The molecule has 0 aliphatic carbocycles. The Morgan fingerprint density at radius 3 is 2.31 bits per heavy atom. The van der Waals surface area contributed by atoms with Crippen LogP contribution in [-0.4, -0.2) is 0 Å². The molecule has 1 nitrogen and oxygen atoms in total. The second kappa shape index (κ2) is 4.58. The third-order valence-electron chi connectivity index (χ3n) is 1.87. The molecule has 0 saturated heterocycles. The molecule has 0 aliphatic heterocycles. The molecule has 1 unspecified atom stereocenters. The first-order chi connectivity index (χ1) is 6.02. The number of hydrogen-bond donors (Lipinski definition) is 0. The maximum absolute atomic E-state index is 11.7. The fourth-order valence-electron chi connectivity index (χ4n) is 1.09. The zero-order valence-electron chi connectivity index (χ0n) is 7.55. The number of halogens is 2. The molecular formula is C10H11Br2O. The molecule has 0 saturated carbocycles. The molecule has 0 fully saturated rings. The van der Waals surface area contributed by atoms with E-state index in [0.29, 0.717) is 0 Å². The Kier molecular flexibility index (Phi) is 3.95. The van der Waals surface area contributed by atoms with Crippen molar-refractivity contribution in [2.75, 3.05) is 0 Å². The van der Waals surface area contributed by atoms with Gasteiger partial charge in [0.05, 0.1) is 0 Å². The van der Waals surface area contributed by atoms with E-state index < -0.39 is 6.10 Å². The molecule has 0 aliphatic rings. The minimum Gasteiger partial charge on any atom is -0.228 e. The van der Waals surface area contributed by atoms with Gasteiger partial charge >= 0.3 is 0 Å². The third-order valence-corrected chi connectivity index (χ3v) is 3.05. The van der Waals surface area contributed by atoms with E-state index in [9.17, 15) is 5.11 Å².